The van der Waals surface area contributed by atoms with Crippen LogP contribution in [0.15, 0.2) is 23.0 Å². The van der Waals surface area contributed by atoms with Gasteiger partial charge in [0.15, 0.2) is 11.4 Å². The van der Waals surface area contributed by atoms with Crippen LogP contribution in [0, 0.1) is 24.2 Å². The number of aliphatic hydroxyl groups is 4. The second kappa shape index (κ2) is 8.09. The van der Waals surface area contributed by atoms with Crippen molar-refractivity contribution < 1.29 is 39.9 Å². The second-order valence-electron chi connectivity index (χ2n) is 9.73. The van der Waals surface area contributed by atoms with E-state index < -0.39 is 75.5 Å². The van der Waals surface area contributed by atoms with Gasteiger partial charge in [0.2, 0.25) is 5.78 Å². The van der Waals surface area contributed by atoms with Crippen LogP contribution >= 0.6 is 0 Å². The summed E-state index contributed by atoms with van der Waals surface area (Å²) in [5.74, 6) is -6.43. The molecule has 0 bridgehead atoms. The summed E-state index contributed by atoms with van der Waals surface area (Å²) in [6.45, 7) is 0. The fraction of sp³-hybridized carbons (Fsp3) is 0.400. The van der Waals surface area contributed by atoms with Crippen molar-refractivity contribution in [2.24, 2.45) is 17.6 Å². The average molecular weight is 498 g/mol. The molecule has 3 aliphatic carbocycles. The summed E-state index contributed by atoms with van der Waals surface area (Å²) in [7, 11) is 6.31. The lowest BCUT2D eigenvalue weighted by Gasteiger charge is -2.52. The van der Waals surface area contributed by atoms with Gasteiger partial charge in [-0.2, -0.15) is 0 Å². The number of phenolic OH excluding ortho intramolecular Hbond substituents is 1. The Kier molecular flexibility index (Phi) is 5.68. The predicted molar refractivity (Wildman–Crippen MR) is 128 cm³/mol. The maximum atomic E-state index is 13.8. The Labute approximate surface area is 206 Å². The van der Waals surface area contributed by atoms with Crippen LogP contribution in [0.4, 0.5) is 5.69 Å². The number of fused-ring (bicyclic) bond motifs is 3. The first-order valence-electron chi connectivity index (χ1n) is 11.1. The van der Waals surface area contributed by atoms with Crippen LogP contribution in [0.1, 0.15) is 16.7 Å². The first-order chi connectivity index (χ1) is 16.7. The molecule has 11 nitrogen and oxygen atoms in total. The van der Waals surface area contributed by atoms with Gasteiger partial charge >= 0.3 is 0 Å². The predicted octanol–water partition coefficient (Wildman–Crippen LogP) is -1.02. The molecule has 0 heterocycles. The number of likely N-dealkylation sites (N-methyl/N-ethyl adjacent to an activating group) is 1. The minimum Gasteiger partial charge on any atom is -0.508 e. The molecule has 0 aromatic heterocycles. The SMILES string of the molecule is C#Cc1cc(N(C)C)c2c(c1O)C(O)=C1C(=O)[C@]3(O)C(O)=C(C(N)=O)C(=O)[C@@H](N(C)C)[C@@H]3[C@@H](O)[C@@H]1C2. The number of hydrogen-bond acceptors (Lipinski definition) is 10. The van der Waals surface area contributed by atoms with Gasteiger partial charge in [0.25, 0.3) is 5.91 Å². The molecule has 3 aliphatic rings. The third-order valence-electron chi connectivity index (χ3n) is 7.42. The van der Waals surface area contributed by atoms with Gasteiger partial charge in [-0.3, -0.25) is 19.3 Å². The molecule has 5 atom stereocenters. The van der Waals surface area contributed by atoms with Gasteiger partial charge in [0, 0.05) is 31.3 Å². The first kappa shape index (κ1) is 25.2. The van der Waals surface area contributed by atoms with E-state index in [4.69, 9.17) is 12.2 Å². The van der Waals surface area contributed by atoms with Crippen LogP contribution in [0.3, 0.4) is 0 Å². The van der Waals surface area contributed by atoms with Crippen molar-refractivity contribution in [2.45, 2.75) is 24.2 Å². The summed E-state index contributed by atoms with van der Waals surface area (Å²) in [6.07, 6.45) is 3.80. The molecule has 0 spiro atoms. The van der Waals surface area contributed by atoms with Crippen LogP contribution in [-0.4, -0.2) is 93.8 Å². The number of aromatic hydroxyl groups is 1. The van der Waals surface area contributed by atoms with E-state index in [9.17, 15) is 39.9 Å². The Morgan fingerprint density at radius 1 is 1.19 bits per heavy atom. The Morgan fingerprint density at radius 2 is 1.81 bits per heavy atom. The van der Waals surface area contributed by atoms with Gasteiger partial charge in [-0.05, 0) is 32.1 Å². The quantitative estimate of drug-likeness (QED) is 0.223. The molecule has 1 aromatic carbocycles. The van der Waals surface area contributed by atoms with Gasteiger partial charge in [-0.25, -0.2) is 0 Å². The van der Waals surface area contributed by atoms with E-state index in [2.05, 4.69) is 5.92 Å². The van der Waals surface area contributed by atoms with Crippen molar-refractivity contribution in [2.75, 3.05) is 33.1 Å². The fourth-order valence-corrected chi connectivity index (χ4v) is 5.82. The lowest BCUT2D eigenvalue weighted by molar-refractivity contribution is -0.168. The van der Waals surface area contributed by atoms with E-state index in [1.165, 1.54) is 25.1 Å². The number of hydrogen-bond donors (Lipinski definition) is 6. The first-order valence-corrected chi connectivity index (χ1v) is 11.1. The van der Waals surface area contributed by atoms with Gasteiger partial charge in [0.05, 0.1) is 29.2 Å². The molecule has 0 radical (unpaired) electrons. The van der Waals surface area contributed by atoms with Crippen LogP contribution in [0.5, 0.6) is 5.75 Å². The number of terminal acetylenes is 1. The number of amides is 1. The molecule has 0 aliphatic heterocycles. The summed E-state index contributed by atoms with van der Waals surface area (Å²) in [5.41, 5.74) is 1.72. The number of primary amides is 1. The highest BCUT2D eigenvalue weighted by molar-refractivity contribution is 6.24. The summed E-state index contributed by atoms with van der Waals surface area (Å²) in [5, 5.41) is 56.1. The Morgan fingerprint density at radius 3 is 2.31 bits per heavy atom. The third-order valence-corrected chi connectivity index (χ3v) is 7.42. The maximum absolute atomic E-state index is 13.8. The number of rotatable bonds is 3. The molecule has 190 valence electrons. The fourth-order valence-electron chi connectivity index (χ4n) is 5.82. The molecule has 0 unspecified atom stereocenters. The third kappa shape index (κ3) is 3.02. The summed E-state index contributed by atoms with van der Waals surface area (Å²) in [4.78, 5) is 42.0. The van der Waals surface area contributed by atoms with Crippen molar-refractivity contribution in [3.63, 3.8) is 0 Å². The Hall–Kier alpha value is -3.85. The minimum absolute atomic E-state index is 0.0399. The van der Waals surface area contributed by atoms with Crippen LogP contribution in [-0.2, 0) is 20.8 Å². The molecule has 11 heteroatoms. The van der Waals surface area contributed by atoms with E-state index in [1.54, 1.807) is 19.0 Å². The lowest BCUT2D eigenvalue weighted by Crippen LogP contribution is -2.70. The number of anilines is 1. The van der Waals surface area contributed by atoms with Crippen LogP contribution in [0.2, 0.25) is 0 Å². The number of benzene rings is 1. The zero-order valence-corrected chi connectivity index (χ0v) is 20.1. The number of carbonyl (C=O) groups is 3. The zero-order valence-electron chi connectivity index (χ0n) is 20.1. The number of nitrogens with zero attached hydrogens (tertiary/aromatic N) is 2. The number of phenols is 1. The molecule has 1 fully saturated rings. The van der Waals surface area contributed by atoms with E-state index >= 15 is 0 Å². The molecule has 1 saturated carbocycles. The van der Waals surface area contributed by atoms with Crippen molar-refractivity contribution >= 4 is 28.9 Å². The van der Waals surface area contributed by atoms with Crippen LogP contribution < -0.4 is 10.6 Å². The van der Waals surface area contributed by atoms with Gasteiger partial charge in [-0.15, -0.1) is 6.42 Å². The number of nitrogens with two attached hydrogens (primary N) is 1. The molecule has 7 N–H and O–H groups in total. The van der Waals surface area contributed by atoms with Crippen molar-refractivity contribution in [1.29, 1.82) is 0 Å². The highest BCUT2D eigenvalue weighted by Crippen LogP contribution is 2.54. The Balaban J connectivity index is 2.08. The van der Waals surface area contributed by atoms with E-state index in [0.717, 1.165) is 0 Å². The van der Waals surface area contributed by atoms with E-state index in [-0.39, 0.29) is 17.5 Å². The molecule has 4 rings (SSSR count). The van der Waals surface area contributed by atoms with Crippen molar-refractivity contribution in [3.05, 3.63) is 39.7 Å². The topological polar surface area (TPSA) is 185 Å². The van der Waals surface area contributed by atoms with E-state index in [1.807, 2.05) is 0 Å². The van der Waals surface area contributed by atoms with Gasteiger partial charge < -0.3 is 36.2 Å². The zero-order chi connectivity index (χ0) is 27.0. The lowest BCUT2D eigenvalue weighted by atomic mass is 9.56. The smallest absolute Gasteiger partial charge is 0.255 e. The normalized spacial score (nSPS) is 29.5. The largest absolute Gasteiger partial charge is 0.508 e. The minimum atomic E-state index is -2.95. The number of ketones is 2. The van der Waals surface area contributed by atoms with Gasteiger partial charge in [0.1, 0.15) is 22.8 Å². The Bertz CT molecular complexity index is 1340. The number of carbonyl (C=O) groups excluding carboxylic acids is 3. The van der Waals surface area contributed by atoms with Gasteiger partial charge in [-0.1, -0.05) is 5.92 Å². The maximum Gasteiger partial charge on any atom is 0.255 e. The summed E-state index contributed by atoms with van der Waals surface area (Å²) < 4.78 is 0. The number of Topliss-reactive ketones (excluding diaryl/α,β-unsaturated/α-hetero) is 2. The molecular formula is C25H27N3O8. The highest BCUT2D eigenvalue weighted by atomic mass is 16.4. The highest BCUT2D eigenvalue weighted by Gasteiger charge is 2.67. The molecular weight excluding hydrogens is 470 g/mol. The van der Waals surface area contributed by atoms with Crippen LogP contribution in [0.25, 0.3) is 5.76 Å². The second-order valence-corrected chi connectivity index (χ2v) is 9.73. The molecule has 1 amide bonds. The number of aliphatic hydroxyl groups excluding tert-OH is 3. The monoisotopic (exact) mass is 497 g/mol. The summed E-state index contributed by atoms with van der Waals surface area (Å²) in [6, 6.07) is 0.128. The van der Waals surface area contributed by atoms with Crippen molar-refractivity contribution in [1.82, 2.24) is 4.90 Å². The standard InChI is InChI=1S/C25H27N3O8/c1-6-9-7-12(27(2)3)10-8-11-14(20(31)13(10)18(9)29)22(33)25(36)16(19(11)30)17(28(4)5)21(32)15(23(25)34)24(26)35/h1,7,11,16-17,19,29-31,34,36H,8H2,2-5H3,(H2,26,35)/t11-,16-,17+,19+,25+/m1/s1. The molecule has 36 heavy (non-hydrogen) atoms. The van der Waals surface area contributed by atoms with Crippen molar-refractivity contribution in [3.8, 4) is 18.1 Å². The average Bonchev–Trinajstić information content (AvgIpc) is 2.78. The van der Waals surface area contributed by atoms with E-state index in [0.29, 0.717) is 11.3 Å². The molecule has 0 saturated heterocycles. The molecule has 1 aromatic rings. The summed E-state index contributed by atoms with van der Waals surface area (Å²) >= 11 is 0.